The lowest BCUT2D eigenvalue weighted by Gasteiger charge is -2.20. The number of hydrogen-bond donors (Lipinski definition) is 2. The first-order valence-corrected chi connectivity index (χ1v) is 6.52. The van der Waals surface area contributed by atoms with Gasteiger partial charge in [0.25, 0.3) is 0 Å². The topological polar surface area (TPSA) is 78.6 Å². The second-order valence-corrected chi connectivity index (χ2v) is 5.47. The van der Waals surface area contributed by atoms with Gasteiger partial charge in [-0.15, -0.1) is 0 Å². The van der Waals surface area contributed by atoms with Crippen molar-refractivity contribution in [3.63, 3.8) is 0 Å². The first kappa shape index (κ1) is 15.5. The Kier molecular flexibility index (Phi) is 5.35. The molecule has 2 N–H and O–H groups in total. The van der Waals surface area contributed by atoms with Crippen LogP contribution in [0.4, 0.5) is 10.6 Å². The van der Waals surface area contributed by atoms with Crippen LogP contribution in [-0.4, -0.2) is 40.9 Å². The summed E-state index contributed by atoms with van der Waals surface area (Å²) in [5.74, 6) is 1.11. The van der Waals surface area contributed by atoms with Gasteiger partial charge in [0.15, 0.2) is 5.82 Å². The van der Waals surface area contributed by atoms with Crippen LogP contribution in [0, 0.1) is 0 Å². The molecule has 19 heavy (non-hydrogen) atoms. The average Bonchev–Trinajstić information content (AvgIpc) is 2.77. The van der Waals surface area contributed by atoms with Gasteiger partial charge in [0, 0.05) is 24.6 Å². The number of aliphatic hydroxyl groups is 1. The quantitative estimate of drug-likeness (QED) is 0.859. The predicted molar refractivity (Wildman–Crippen MR) is 73.2 cm³/mol. The monoisotopic (exact) mass is 269 g/mol. The van der Waals surface area contributed by atoms with Crippen LogP contribution in [0.3, 0.4) is 0 Å². The van der Waals surface area contributed by atoms with E-state index < -0.39 is 0 Å². The summed E-state index contributed by atoms with van der Waals surface area (Å²) in [5.41, 5.74) is -0.149. The smallest absolute Gasteiger partial charge is 0.323 e. The zero-order valence-corrected chi connectivity index (χ0v) is 12.1. The summed E-state index contributed by atoms with van der Waals surface area (Å²) in [6.07, 6.45) is 0.833. The number of nitrogens with zero attached hydrogens (tertiary/aromatic N) is 2. The number of carbonyl (C=O) groups is 1. The Morgan fingerprint density at radius 1 is 1.47 bits per heavy atom. The van der Waals surface area contributed by atoms with Crippen LogP contribution in [0.15, 0.2) is 10.6 Å². The molecule has 0 radical (unpaired) electrons. The fraction of sp³-hybridized carbons (Fsp3) is 0.692. The molecule has 0 aliphatic rings. The normalized spacial score (nSPS) is 11.4. The van der Waals surface area contributed by atoms with E-state index in [0.29, 0.717) is 24.7 Å². The first-order valence-electron chi connectivity index (χ1n) is 6.52. The van der Waals surface area contributed by atoms with E-state index >= 15 is 0 Å². The maximum atomic E-state index is 12.0. The van der Waals surface area contributed by atoms with E-state index in [-0.39, 0.29) is 18.1 Å². The third-order valence-electron chi connectivity index (χ3n) is 2.64. The molecule has 0 saturated heterocycles. The van der Waals surface area contributed by atoms with Crippen molar-refractivity contribution in [3.8, 4) is 0 Å². The molecule has 108 valence electrons. The number of aromatic nitrogens is 1. The van der Waals surface area contributed by atoms with Crippen molar-refractivity contribution in [2.75, 3.05) is 25.0 Å². The number of carbonyl (C=O) groups excluding carboxylic acids is 1. The van der Waals surface area contributed by atoms with Crippen LogP contribution in [-0.2, 0) is 5.41 Å². The van der Waals surface area contributed by atoms with Crippen LogP contribution < -0.4 is 5.32 Å². The van der Waals surface area contributed by atoms with Crippen LogP contribution in [0.1, 0.15) is 39.9 Å². The fourth-order valence-corrected chi connectivity index (χ4v) is 1.58. The van der Waals surface area contributed by atoms with Crippen molar-refractivity contribution in [2.24, 2.45) is 0 Å². The molecule has 0 fully saturated rings. The van der Waals surface area contributed by atoms with Gasteiger partial charge < -0.3 is 14.5 Å². The summed E-state index contributed by atoms with van der Waals surface area (Å²) >= 11 is 0. The minimum absolute atomic E-state index is 0.0561. The Morgan fingerprint density at radius 3 is 2.63 bits per heavy atom. The van der Waals surface area contributed by atoms with Gasteiger partial charge in [-0.25, -0.2) is 4.79 Å². The molecule has 0 aromatic carbocycles. The van der Waals surface area contributed by atoms with E-state index in [9.17, 15) is 4.79 Å². The van der Waals surface area contributed by atoms with Gasteiger partial charge in [-0.1, -0.05) is 32.9 Å². The lowest BCUT2D eigenvalue weighted by Crippen LogP contribution is -2.37. The molecule has 1 aromatic heterocycles. The van der Waals surface area contributed by atoms with Crippen molar-refractivity contribution >= 4 is 11.8 Å². The molecular formula is C13H23N3O3. The highest BCUT2D eigenvalue weighted by atomic mass is 16.5. The van der Waals surface area contributed by atoms with E-state index in [4.69, 9.17) is 9.63 Å². The Morgan fingerprint density at radius 2 is 2.16 bits per heavy atom. The molecule has 0 aliphatic carbocycles. The lowest BCUT2D eigenvalue weighted by molar-refractivity contribution is 0.188. The minimum atomic E-state index is -0.273. The second kappa shape index (κ2) is 6.56. The molecule has 0 bridgehead atoms. The van der Waals surface area contributed by atoms with Gasteiger partial charge in [-0.05, 0) is 6.42 Å². The Hall–Kier alpha value is -1.56. The molecule has 0 aliphatic heterocycles. The molecular weight excluding hydrogens is 246 g/mol. The van der Waals surface area contributed by atoms with Crippen molar-refractivity contribution in [2.45, 2.75) is 39.5 Å². The van der Waals surface area contributed by atoms with E-state index in [1.54, 1.807) is 11.0 Å². The van der Waals surface area contributed by atoms with Gasteiger partial charge in [0.2, 0.25) is 0 Å². The second-order valence-electron chi connectivity index (χ2n) is 5.47. The molecule has 0 atom stereocenters. The number of amides is 2. The number of hydrogen-bond acceptors (Lipinski definition) is 4. The summed E-state index contributed by atoms with van der Waals surface area (Å²) in [5, 5.41) is 15.4. The average molecular weight is 269 g/mol. The van der Waals surface area contributed by atoms with E-state index in [1.165, 1.54) is 0 Å². The molecule has 0 unspecified atom stereocenters. The largest absolute Gasteiger partial charge is 0.395 e. The molecule has 1 aromatic rings. The molecule has 0 spiro atoms. The maximum Gasteiger partial charge on any atom is 0.323 e. The van der Waals surface area contributed by atoms with E-state index in [1.807, 2.05) is 27.7 Å². The number of aliphatic hydroxyl groups excluding tert-OH is 1. The standard InChI is InChI=1S/C13H23N3O3/c1-5-6-16(7-8-17)12(18)14-11-9-10(19-15-11)13(2,3)4/h9,17H,5-8H2,1-4H3,(H,14,15,18). The van der Waals surface area contributed by atoms with Gasteiger partial charge >= 0.3 is 6.03 Å². The molecule has 2 amide bonds. The van der Waals surface area contributed by atoms with Crippen molar-refractivity contribution in [3.05, 3.63) is 11.8 Å². The summed E-state index contributed by atoms with van der Waals surface area (Å²) in [6.45, 7) is 8.85. The summed E-state index contributed by atoms with van der Waals surface area (Å²) in [6, 6.07) is 1.45. The van der Waals surface area contributed by atoms with Crippen molar-refractivity contribution in [1.82, 2.24) is 10.1 Å². The number of urea groups is 1. The third kappa shape index (κ3) is 4.55. The summed E-state index contributed by atoms with van der Waals surface area (Å²) in [4.78, 5) is 13.5. The number of rotatable bonds is 5. The number of nitrogens with one attached hydrogen (secondary N) is 1. The van der Waals surface area contributed by atoms with Crippen LogP contribution >= 0.6 is 0 Å². The molecule has 0 saturated carbocycles. The third-order valence-corrected chi connectivity index (χ3v) is 2.64. The van der Waals surface area contributed by atoms with Gasteiger partial charge in [-0.2, -0.15) is 0 Å². The van der Waals surface area contributed by atoms with Crippen LogP contribution in [0.25, 0.3) is 0 Å². The van der Waals surface area contributed by atoms with Gasteiger partial charge in [0.1, 0.15) is 5.76 Å². The highest BCUT2D eigenvalue weighted by Gasteiger charge is 2.21. The minimum Gasteiger partial charge on any atom is -0.395 e. The van der Waals surface area contributed by atoms with Crippen molar-refractivity contribution in [1.29, 1.82) is 0 Å². The maximum absolute atomic E-state index is 12.0. The Balaban J connectivity index is 2.67. The highest BCUT2D eigenvalue weighted by Crippen LogP contribution is 2.24. The first-order chi connectivity index (χ1) is 8.88. The van der Waals surface area contributed by atoms with Gasteiger partial charge in [-0.3, -0.25) is 5.32 Å². The Labute approximate surface area is 113 Å². The lowest BCUT2D eigenvalue weighted by atomic mass is 9.93. The molecule has 6 nitrogen and oxygen atoms in total. The predicted octanol–water partition coefficient (Wildman–Crippen LogP) is 2.21. The SMILES string of the molecule is CCCN(CCO)C(=O)Nc1cc(C(C)(C)C)on1. The molecule has 6 heteroatoms. The highest BCUT2D eigenvalue weighted by molar-refractivity contribution is 5.88. The van der Waals surface area contributed by atoms with Crippen LogP contribution in [0.5, 0.6) is 0 Å². The number of anilines is 1. The fourth-order valence-electron chi connectivity index (χ4n) is 1.58. The Bertz CT molecular complexity index is 404. The van der Waals surface area contributed by atoms with E-state index in [2.05, 4.69) is 10.5 Å². The van der Waals surface area contributed by atoms with Gasteiger partial charge in [0.05, 0.1) is 6.61 Å². The summed E-state index contributed by atoms with van der Waals surface area (Å²) < 4.78 is 5.20. The zero-order chi connectivity index (χ0) is 14.5. The summed E-state index contributed by atoms with van der Waals surface area (Å²) in [7, 11) is 0. The molecule has 1 rings (SSSR count). The van der Waals surface area contributed by atoms with E-state index in [0.717, 1.165) is 6.42 Å². The molecule has 1 heterocycles. The van der Waals surface area contributed by atoms with Crippen molar-refractivity contribution < 1.29 is 14.4 Å². The van der Waals surface area contributed by atoms with Crippen LogP contribution in [0.2, 0.25) is 0 Å². The zero-order valence-electron chi connectivity index (χ0n) is 12.1.